The molecule has 96 valence electrons. The summed E-state index contributed by atoms with van der Waals surface area (Å²) in [6, 6.07) is 0. The molecule has 16 heavy (non-hydrogen) atoms. The molecule has 1 aliphatic heterocycles. The molecule has 1 aliphatic rings. The van der Waals surface area contributed by atoms with Crippen molar-refractivity contribution in [1.29, 1.82) is 0 Å². The Labute approximate surface area is 108 Å². The Bertz CT molecular complexity index is 256. The van der Waals surface area contributed by atoms with E-state index in [-0.39, 0.29) is 11.2 Å². The van der Waals surface area contributed by atoms with Crippen LogP contribution in [0.2, 0.25) is 0 Å². The zero-order valence-electron chi connectivity index (χ0n) is 9.80. The molecule has 1 fully saturated rings. The van der Waals surface area contributed by atoms with Gasteiger partial charge in [0.05, 0.1) is 0 Å². The Morgan fingerprint density at radius 2 is 2.00 bits per heavy atom. The molecule has 1 unspecified atom stereocenters. The molecular weight excluding hydrogens is 287 g/mol. The maximum atomic E-state index is 11.6. The molecule has 0 aromatic heterocycles. The Kier molecular flexibility index (Phi) is 5.29. The van der Waals surface area contributed by atoms with Crippen LogP contribution < -0.4 is 0 Å². The SMILES string of the molecule is CCOP1(OCC)(SSC)OC(=O)C(C)S1. The average molecular weight is 304 g/mol. The van der Waals surface area contributed by atoms with E-state index in [1.54, 1.807) is 0 Å². The molecule has 0 bridgehead atoms. The van der Waals surface area contributed by atoms with Crippen molar-refractivity contribution in [1.82, 2.24) is 0 Å². The molecule has 0 saturated carbocycles. The van der Waals surface area contributed by atoms with Crippen molar-refractivity contribution in [3.05, 3.63) is 0 Å². The van der Waals surface area contributed by atoms with Crippen LogP contribution in [0.15, 0.2) is 0 Å². The van der Waals surface area contributed by atoms with Gasteiger partial charge >= 0.3 is 108 Å². The minimum absolute atomic E-state index is 0.226. The van der Waals surface area contributed by atoms with Crippen molar-refractivity contribution < 1.29 is 18.4 Å². The van der Waals surface area contributed by atoms with Crippen LogP contribution in [0.3, 0.4) is 0 Å². The molecule has 4 nitrogen and oxygen atoms in total. The van der Waals surface area contributed by atoms with Gasteiger partial charge < -0.3 is 0 Å². The van der Waals surface area contributed by atoms with Crippen molar-refractivity contribution in [2.75, 3.05) is 19.5 Å². The number of carbonyl (C=O) groups excluding carboxylic acids is 1. The summed E-state index contributed by atoms with van der Waals surface area (Å²) in [4.78, 5) is 11.6. The van der Waals surface area contributed by atoms with Gasteiger partial charge in [-0.15, -0.1) is 0 Å². The molecule has 0 aromatic carbocycles. The molecule has 8 heteroatoms. The van der Waals surface area contributed by atoms with E-state index >= 15 is 0 Å². The van der Waals surface area contributed by atoms with E-state index in [2.05, 4.69) is 0 Å². The summed E-state index contributed by atoms with van der Waals surface area (Å²) in [5, 5.41) is -0.226. The van der Waals surface area contributed by atoms with E-state index in [0.717, 1.165) is 0 Å². The molecule has 0 radical (unpaired) electrons. The van der Waals surface area contributed by atoms with Gasteiger partial charge in [-0.25, -0.2) is 0 Å². The third-order valence-electron chi connectivity index (χ3n) is 1.78. The monoisotopic (exact) mass is 304 g/mol. The number of hydrogen-bond acceptors (Lipinski definition) is 7. The Morgan fingerprint density at radius 3 is 2.31 bits per heavy atom. The van der Waals surface area contributed by atoms with Crippen LogP contribution >= 0.6 is 38.3 Å². The average Bonchev–Trinajstić information content (AvgIpc) is 2.41. The summed E-state index contributed by atoms with van der Waals surface area (Å²) in [6.45, 7) is 6.52. The summed E-state index contributed by atoms with van der Waals surface area (Å²) in [5.74, 6) is -0.244. The van der Waals surface area contributed by atoms with Gasteiger partial charge in [0.25, 0.3) is 0 Å². The zero-order valence-corrected chi connectivity index (χ0v) is 13.1. The van der Waals surface area contributed by atoms with Crippen LogP contribution in [0.1, 0.15) is 20.8 Å². The van der Waals surface area contributed by atoms with Crippen molar-refractivity contribution in [3.63, 3.8) is 0 Å². The Hall–Kier alpha value is 0.870. The first-order valence-corrected chi connectivity index (χ1v) is 11.6. The van der Waals surface area contributed by atoms with Crippen LogP contribution in [-0.4, -0.2) is 30.7 Å². The molecule has 0 spiro atoms. The zero-order chi connectivity index (χ0) is 12.3. The second kappa shape index (κ2) is 5.67. The predicted octanol–water partition coefficient (Wildman–Crippen LogP) is 3.88. The van der Waals surface area contributed by atoms with Crippen LogP contribution in [0.5, 0.6) is 0 Å². The van der Waals surface area contributed by atoms with Gasteiger partial charge in [-0.05, 0) is 0 Å². The van der Waals surface area contributed by atoms with Gasteiger partial charge in [-0.1, -0.05) is 0 Å². The summed E-state index contributed by atoms with van der Waals surface area (Å²) in [6.07, 6.45) is 1.93. The van der Waals surface area contributed by atoms with Crippen LogP contribution in [0.25, 0.3) is 0 Å². The van der Waals surface area contributed by atoms with E-state index in [0.29, 0.717) is 13.2 Å². The molecule has 0 amide bonds. The third kappa shape index (κ3) is 2.82. The fraction of sp³-hybridized carbons (Fsp3) is 0.875. The van der Waals surface area contributed by atoms with Crippen LogP contribution in [0, 0.1) is 0 Å². The van der Waals surface area contributed by atoms with Gasteiger partial charge in [0, 0.05) is 0 Å². The van der Waals surface area contributed by atoms with Crippen molar-refractivity contribution in [2.45, 2.75) is 26.0 Å². The van der Waals surface area contributed by atoms with E-state index in [1.165, 1.54) is 32.6 Å². The Morgan fingerprint density at radius 1 is 1.44 bits per heavy atom. The summed E-state index contributed by atoms with van der Waals surface area (Å²) < 4.78 is 17.1. The van der Waals surface area contributed by atoms with E-state index in [1.807, 2.05) is 27.0 Å². The van der Waals surface area contributed by atoms with Crippen LogP contribution in [0.4, 0.5) is 0 Å². The molecule has 1 saturated heterocycles. The minimum atomic E-state index is -3.34. The first kappa shape index (κ1) is 14.9. The molecular formula is C8H17O4PS3. The van der Waals surface area contributed by atoms with Crippen LogP contribution in [-0.2, 0) is 18.4 Å². The van der Waals surface area contributed by atoms with E-state index in [9.17, 15) is 4.79 Å². The second-order valence-corrected chi connectivity index (χ2v) is 14.5. The van der Waals surface area contributed by atoms with Gasteiger partial charge in [0.15, 0.2) is 0 Å². The normalized spacial score (nSPS) is 29.4. The quantitative estimate of drug-likeness (QED) is 0.545. The fourth-order valence-corrected chi connectivity index (χ4v) is 16.6. The molecule has 0 N–H and O–H groups in total. The van der Waals surface area contributed by atoms with Crippen molar-refractivity contribution >= 4 is 44.2 Å². The van der Waals surface area contributed by atoms with Gasteiger partial charge in [0.1, 0.15) is 0 Å². The Balaban J connectivity index is 3.02. The maximum absolute atomic E-state index is 11.6. The van der Waals surface area contributed by atoms with Gasteiger partial charge in [-0.2, -0.15) is 0 Å². The molecule has 1 atom stereocenters. The first-order valence-electron chi connectivity index (χ1n) is 4.99. The molecule has 0 aliphatic carbocycles. The number of rotatable bonds is 6. The third-order valence-corrected chi connectivity index (χ3v) is 15.7. The van der Waals surface area contributed by atoms with Crippen molar-refractivity contribution in [2.24, 2.45) is 0 Å². The number of carbonyl (C=O) groups is 1. The summed E-state index contributed by atoms with van der Waals surface area (Å²) in [5.41, 5.74) is -3.34. The second-order valence-electron chi connectivity index (χ2n) is 2.98. The van der Waals surface area contributed by atoms with E-state index in [4.69, 9.17) is 13.6 Å². The standard InChI is InChI=1S/C8H17O4PS3/c1-5-10-13(11-6-2,16-14-4)12-8(9)7(3)15-13/h7H,5-6H2,1-4H3. The topological polar surface area (TPSA) is 44.8 Å². The molecule has 1 rings (SSSR count). The summed E-state index contributed by atoms with van der Waals surface area (Å²) >= 11 is 1.40. The van der Waals surface area contributed by atoms with Gasteiger partial charge in [-0.3, -0.25) is 0 Å². The fourth-order valence-electron chi connectivity index (χ4n) is 1.31. The van der Waals surface area contributed by atoms with Gasteiger partial charge in [0.2, 0.25) is 0 Å². The predicted molar refractivity (Wildman–Crippen MR) is 74.4 cm³/mol. The molecule has 1 heterocycles. The van der Waals surface area contributed by atoms with Crippen molar-refractivity contribution in [3.8, 4) is 0 Å². The first-order chi connectivity index (χ1) is 7.51. The summed E-state index contributed by atoms with van der Waals surface area (Å²) in [7, 11) is 2.92. The number of hydrogen-bond donors (Lipinski definition) is 0. The molecule has 0 aromatic rings. The van der Waals surface area contributed by atoms with E-state index < -0.39 is 5.69 Å².